The van der Waals surface area contributed by atoms with Gasteiger partial charge in [0.2, 0.25) is 11.6 Å². The summed E-state index contributed by atoms with van der Waals surface area (Å²) >= 11 is 0. The Balaban J connectivity index is 1.41. The van der Waals surface area contributed by atoms with Crippen molar-refractivity contribution in [3.63, 3.8) is 0 Å². The van der Waals surface area contributed by atoms with Crippen LogP contribution >= 0.6 is 0 Å². The molecule has 0 bridgehead atoms. The van der Waals surface area contributed by atoms with Crippen LogP contribution in [0.3, 0.4) is 0 Å². The summed E-state index contributed by atoms with van der Waals surface area (Å²) in [7, 11) is 0. The number of nitrogens with one attached hydrogen (secondary N) is 1. The zero-order valence-corrected chi connectivity index (χ0v) is 15.4. The largest absolute Gasteiger partial charge is 0.493 e. The van der Waals surface area contributed by atoms with Crippen LogP contribution in [0.15, 0.2) is 18.2 Å². The molecule has 3 rings (SSSR count). The minimum atomic E-state index is -1.13. The number of rotatable bonds is 6. The Hall–Kier alpha value is -2.71. The lowest BCUT2D eigenvalue weighted by molar-refractivity contribution is -0.130. The van der Waals surface area contributed by atoms with Crippen molar-refractivity contribution < 1.29 is 18.3 Å². The van der Waals surface area contributed by atoms with E-state index in [0.717, 1.165) is 19.3 Å². The average molecular weight is 388 g/mol. The van der Waals surface area contributed by atoms with Gasteiger partial charge in [-0.25, -0.2) is 13.6 Å². The second kappa shape index (κ2) is 8.99. The van der Waals surface area contributed by atoms with Crippen molar-refractivity contribution in [1.29, 1.82) is 5.26 Å². The van der Waals surface area contributed by atoms with Crippen molar-refractivity contribution in [2.75, 3.05) is 19.7 Å². The zero-order valence-electron chi connectivity index (χ0n) is 15.4. The Morgan fingerprint density at radius 2 is 2.25 bits per heavy atom. The Labute approximate surface area is 162 Å². The van der Waals surface area contributed by atoms with Gasteiger partial charge in [-0.1, -0.05) is 0 Å². The molecule has 0 spiro atoms. The molecule has 2 fully saturated rings. The van der Waals surface area contributed by atoms with Crippen LogP contribution in [0.5, 0.6) is 5.75 Å². The molecule has 8 heteroatoms. The molecule has 28 heavy (non-hydrogen) atoms. The number of ether oxygens (including phenoxy) is 1. The number of amides is 1. The molecular formula is C20H22F2N4O2. The number of hydrogen-bond donors (Lipinski definition) is 1. The lowest BCUT2D eigenvalue weighted by Gasteiger charge is -2.21. The molecule has 4 atom stereocenters. The van der Waals surface area contributed by atoms with Crippen LogP contribution in [0.2, 0.25) is 0 Å². The number of carbonyl (C=O) groups excluding carboxylic acids is 1. The maximum absolute atomic E-state index is 13.6. The summed E-state index contributed by atoms with van der Waals surface area (Å²) < 4.78 is 32.7. The molecule has 1 aromatic rings. The third-order valence-electron chi connectivity index (χ3n) is 5.33. The molecule has 1 aliphatic carbocycles. The van der Waals surface area contributed by atoms with E-state index < -0.39 is 18.0 Å². The van der Waals surface area contributed by atoms with Gasteiger partial charge < -0.3 is 15.0 Å². The van der Waals surface area contributed by atoms with Gasteiger partial charge in [-0.15, -0.1) is 0 Å². The number of hydrogen-bond acceptors (Lipinski definition) is 4. The highest BCUT2D eigenvalue weighted by Gasteiger charge is 2.35. The van der Waals surface area contributed by atoms with Crippen LogP contribution in [0, 0.1) is 29.6 Å². The summed E-state index contributed by atoms with van der Waals surface area (Å²) in [5.74, 6) is -0.161. The minimum absolute atomic E-state index is 0.0112. The number of nitriles is 1. The van der Waals surface area contributed by atoms with E-state index in [9.17, 15) is 13.6 Å². The Kier molecular flexibility index (Phi) is 6.43. The highest BCUT2D eigenvalue weighted by Crippen LogP contribution is 2.28. The maximum atomic E-state index is 13.6. The summed E-state index contributed by atoms with van der Waals surface area (Å²) in [4.78, 5) is 16.6. The van der Waals surface area contributed by atoms with Crippen molar-refractivity contribution in [3.05, 3.63) is 35.4 Å². The molecule has 0 unspecified atom stereocenters. The molecule has 1 aliphatic heterocycles. The Morgan fingerprint density at radius 3 is 2.96 bits per heavy atom. The van der Waals surface area contributed by atoms with Gasteiger partial charge in [0.15, 0.2) is 0 Å². The normalized spacial score (nSPS) is 26.6. The minimum Gasteiger partial charge on any atom is -0.493 e. The molecule has 0 radical (unpaired) electrons. The van der Waals surface area contributed by atoms with E-state index in [0.29, 0.717) is 12.4 Å². The topological polar surface area (TPSA) is 69.7 Å². The number of alkyl halides is 1. The highest BCUT2D eigenvalue weighted by molar-refractivity contribution is 5.79. The second-order valence-corrected chi connectivity index (χ2v) is 7.32. The van der Waals surface area contributed by atoms with E-state index in [1.54, 1.807) is 6.07 Å². The lowest BCUT2D eigenvalue weighted by atomic mass is 10.1. The summed E-state index contributed by atoms with van der Waals surface area (Å²) in [6, 6.07) is 5.66. The molecular weight excluding hydrogens is 366 g/mol. The predicted molar refractivity (Wildman–Crippen MR) is 97.9 cm³/mol. The van der Waals surface area contributed by atoms with Gasteiger partial charge in [0, 0.05) is 18.5 Å². The first kappa shape index (κ1) is 20.0. The molecule has 148 valence electrons. The van der Waals surface area contributed by atoms with Crippen molar-refractivity contribution >= 4 is 11.6 Å². The molecule has 1 saturated carbocycles. The van der Waals surface area contributed by atoms with E-state index in [1.807, 2.05) is 6.07 Å². The molecule has 1 aromatic carbocycles. The number of benzene rings is 1. The quantitative estimate of drug-likeness (QED) is 0.761. The van der Waals surface area contributed by atoms with E-state index in [-0.39, 0.29) is 43.1 Å². The summed E-state index contributed by atoms with van der Waals surface area (Å²) in [6.07, 6.45) is 1.59. The van der Waals surface area contributed by atoms with Crippen LogP contribution in [-0.4, -0.2) is 48.8 Å². The molecule has 6 nitrogen and oxygen atoms in total. The molecule has 2 aliphatic rings. The molecule has 1 saturated heterocycles. The standard InChI is InChI=1S/C20H22F2N4O2/c1-24-19-5-4-17(8-18(19)22)28-12-13-2-3-15(6-13)25-10-20(27)26-11-14(21)7-16(26)9-23/h4-5,8,13-16,25H,2-3,6-7,10-12H2/t13-,14-,15+,16-/m0/s1. The number of nitrogens with zero attached hydrogens (tertiary/aromatic N) is 3. The molecule has 1 heterocycles. The number of likely N-dealkylation sites (tertiary alicyclic amines) is 1. The van der Waals surface area contributed by atoms with Gasteiger partial charge in [-0.2, -0.15) is 5.26 Å². The van der Waals surface area contributed by atoms with Crippen LogP contribution < -0.4 is 10.1 Å². The maximum Gasteiger partial charge on any atom is 0.237 e. The van der Waals surface area contributed by atoms with Crippen molar-refractivity contribution in [1.82, 2.24) is 10.2 Å². The third kappa shape index (κ3) is 4.76. The Morgan fingerprint density at radius 1 is 1.43 bits per heavy atom. The first-order chi connectivity index (χ1) is 13.5. The van der Waals surface area contributed by atoms with E-state index >= 15 is 0 Å². The fraction of sp³-hybridized carbons (Fsp3) is 0.550. The van der Waals surface area contributed by atoms with Crippen LogP contribution in [-0.2, 0) is 4.79 Å². The average Bonchev–Trinajstić information content (AvgIpc) is 3.30. The fourth-order valence-corrected chi connectivity index (χ4v) is 3.81. The second-order valence-electron chi connectivity index (χ2n) is 7.32. The molecule has 1 amide bonds. The van der Waals surface area contributed by atoms with Gasteiger partial charge in [-0.3, -0.25) is 4.79 Å². The van der Waals surface area contributed by atoms with Gasteiger partial charge in [0.25, 0.3) is 0 Å². The molecule has 1 N–H and O–H groups in total. The number of carbonyl (C=O) groups is 1. The van der Waals surface area contributed by atoms with E-state index in [2.05, 4.69) is 10.2 Å². The van der Waals surface area contributed by atoms with Crippen molar-refractivity contribution in [2.45, 2.75) is 43.9 Å². The van der Waals surface area contributed by atoms with Gasteiger partial charge in [0.05, 0.1) is 32.3 Å². The highest BCUT2D eigenvalue weighted by atomic mass is 19.1. The smallest absolute Gasteiger partial charge is 0.237 e. The summed E-state index contributed by atoms with van der Waals surface area (Å²) in [5.41, 5.74) is -0.0298. The monoisotopic (exact) mass is 388 g/mol. The zero-order chi connectivity index (χ0) is 20.1. The first-order valence-corrected chi connectivity index (χ1v) is 9.36. The van der Waals surface area contributed by atoms with Crippen molar-refractivity contribution in [3.8, 4) is 11.8 Å². The Bertz CT molecular complexity index is 804. The van der Waals surface area contributed by atoms with Crippen molar-refractivity contribution in [2.24, 2.45) is 5.92 Å². The number of halogens is 2. The first-order valence-electron chi connectivity index (χ1n) is 9.36. The third-order valence-corrected chi connectivity index (χ3v) is 5.33. The van der Waals surface area contributed by atoms with E-state index in [1.165, 1.54) is 17.0 Å². The van der Waals surface area contributed by atoms with E-state index in [4.69, 9.17) is 16.6 Å². The van der Waals surface area contributed by atoms with Crippen LogP contribution in [0.25, 0.3) is 4.85 Å². The molecule has 0 aromatic heterocycles. The van der Waals surface area contributed by atoms with Gasteiger partial charge in [0.1, 0.15) is 23.8 Å². The SMILES string of the molecule is [C-]#[N+]c1ccc(OC[C@H]2CC[C@@H](NCC(=O)N3C[C@@H](F)C[C@H]3C#N)C2)cc1F. The lowest BCUT2D eigenvalue weighted by Crippen LogP contribution is -2.43. The van der Waals surface area contributed by atoms with Gasteiger partial charge >= 0.3 is 0 Å². The summed E-state index contributed by atoms with van der Waals surface area (Å²) in [6.45, 7) is 7.37. The van der Waals surface area contributed by atoms with Crippen LogP contribution in [0.4, 0.5) is 14.5 Å². The fourth-order valence-electron chi connectivity index (χ4n) is 3.81. The van der Waals surface area contributed by atoms with Gasteiger partial charge in [-0.05, 0) is 37.3 Å². The van der Waals surface area contributed by atoms with Crippen LogP contribution in [0.1, 0.15) is 25.7 Å². The summed E-state index contributed by atoms with van der Waals surface area (Å²) in [5, 5.41) is 12.2. The predicted octanol–water partition coefficient (Wildman–Crippen LogP) is 2.98.